The zero-order valence-electron chi connectivity index (χ0n) is 14.9. The van der Waals surface area contributed by atoms with Crippen LogP contribution in [-0.4, -0.2) is 16.8 Å². The molecule has 28 heavy (non-hydrogen) atoms. The van der Waals surface area contributed by atoms with E-state index in [4.69, 9.17) is 0 Å². The van der Waals surface area contributed by atoms with E-state index >= 15 is 0 Å². The molecule has 0 aliphatic rings. The Hall–Kier alpha value is -3.13. The van der Waals surface area contributed by atoms with Gasteiger partial charge in [-0.3, -0.25) is 14.9 Å². The number of halogens is 2. The molecule has 1 aromatic heterocycles. The van der Waals surface area contributed by atoms with Gasteiger partial charge in [0.2, 0.25) is 5.91 Å². The zero-order chi connectivity index (χ0) is 20.1. The maximum absolute atomic E-state index is 13.8. The van der Waals surface area contributed by atoms with Crippen molar-refractivity contribution in [2.75, 3.05) is 5.32 Å². The van der Waals surface area contributed by atoms with E-state index < -0.39 is 17.7 Å². The molecule has 0 saturated heterocycles. The Bertz CT molecular complexity index is 992. The number of benzene rings is 2. The second kappa shape index (κ2) is 8.71. The van der Waals surface area contributed by atoms with Crippen LogP contribution in [0.1, 0.15) is 34.6 Å². The van der Waals surface area contributed by atoms with Gasteiger partial charge in [-0.25, -0.2) is 13.8 Å². The van der Waals surface area contributed by atoms with Crippen LogP contribution in [0.2, 0.25) is 0 Å². The fourth-order valence-corrected chi connectivity index (χ4v) is 3.30. The first-order chi connectivity index (χ1) is 13.4. The lowest BCUT2D eigenvalue weighted by Gasteiger charge is -2.14. The lowest BCUT2D eigenvalue weighted by Crippen LogP contribution is -2.28. The van der Waals surface area contributed by atoms with Crippen molar-refractivity contribution < 1.29 is 18.4 Å². The van der Waals surface area contributed by atoms with E-state index in [1.54, 1.807) is 36.6 Å². The third-order valence-electron chi connectivity index (χ3n) is 3.96. The number of rotatable bonds is 6. The van der Waals surface area contributed by atoms with Gasteiger partial charge in [0.1, 0.15) is 11.6 Å². The molecule has 1 unspecified atom stereocenters. The number of amides is 2. The van der Waals surface area contributed by atoms with Crippen molar-refractivity contribution in [1.29, 1.82) is 0 Å². The van der Waals surface area contributed by atoms with Crippen LogP contribution in [0.15, 0.2) is 53.9 Å². The summed E-state index contributed by atoms with van der Waals surface area (Å²) in [5, 5.41) is 7.39. The molecule has 0 spiro atoms. The highest BCUT2D eigenvalue weighted by atomic mass is 32.1. The fourth-order valence-electron chi connectivity index (χ4n) is 2.59. The molecule has 8 heteroatoms. The van der Waals surface area contributed by atoms with Crippen LogP contribution >= 0.6 is 11.3 Å². The predicted molar refractivity (Wildman–Crippen MR) is 103 cm³/mol. The number of nitrogens with zero attached hydrogens (tertiary/aromatic N) is 1. The molecule has 0 aliphatic heterocycles. The van der Waals surface area contributed by atoms with Crippen LogP contribution < -0.4 is 10.6 Å². The number of hydrogen-bond acceptors (Lipinski definition) is 4. The van der Waals surface area contributed by atoms with Crippen LogP contribution in [-0.2, 0) is 11.2 Å². The van der Waals surface area contributed by atoms with Gasteiger partial charge in [0.05, 0.1) is 18.2 Å². The van der Waals surface area contributed by atoms with Gasteiger partial charge in [-0.15, -0.1) is 11.3 Å². The highest BCUT2D eigenvalue weighted by molar-refractivity contribution is 7.14. The Morgan fingerprint density at radius 1 is 1.14 bits per heavy atom. The minimum atomic E-state index is -0.715. The monoisotopic (exact) mass is 401 g/mol. The molecule has 2 amide bonds. The summed E-state index contributed by atoms with van der Waals surface area (Å²) < 4.78 is 26.8. The highest BCUT2D eigenvalue weighted by Gasteiger charge is 2.16. The number of thiazole rings is 1. The molecular weight excluding hydrogens is 384 g/mol. The van der Waals surface area contributed by atoms with E-state index in [1.165, 1.54) is 17.4 Å². The van der Waals surface area contributed by atoms with E-state index in [-0.39, 0.29) is 23.8 Å². The van der Waals surface area contributed by atoms with E-state index in [0.29, 0.717) is 16.4 Å². The van der Waals surface area contributed by atoms with Crippen molar-refractivity contribution in [3.63, 3.8) is 0 Å². The maximum Gasteiger partial charge on any atom is 0.257 e. The van der Waals surface area contributed by atoms with E-state index in [2.05, 4.69) is 15.6 Å². The zero-order valence-corrected chi connectivity index (χ0v) is 15.7. The molecule has 144 valence electrons. The number of nitrogens with one attached hydrogen (secondary N) is 2. The minimum absolute atomic E-state index is 0.0230. The summed E-state index contributed by atoms with van der Waals surface area (Å²) in [5.74, 6) is -2.03. The molecule has 0 aliphatic carbocycles. The van der Waals surface area contributed by atoms with Crippen LogP contribution in [0.25, 0.3) is 0 Å². The smallest absolute Gasteiger partial charge is 0.257 e. The van der Waals surface area contributed by atoms with Gasteiger partial charge in [-0.2, -0.15) is 0 Å². The third kappa shape index (κ3) is 4.98. The van der Waals surface area contributed by atoms with Gasteiger partial charge < -0.3 is 5.32 Å². The second-order valence-electron chi connectivity index (χ2n) is 6.10. The summed E-state index contributed by atoms with van der Waals surface area (Å²) in [5.41, 5.74) is 1.19. The number of anilines is 1. The van der Waals surface area contributed by atoms with Crippen molar-refractivity contribution in [2.45, 2.75) is 19.4 Å². The largest absolute Gasteiger partial charge is 0.349 e. The van der Waals surface area contributed by atoms with Gasteiger partial charge >= 0.3 is 0 Å². The first kappa shape index (κ1) is 19.6. The van der Waals surface area contributed by atoms with E-state index in [0.717, 1.165) is 12.1 Å². The molecule has 3 aromatic rings. The molecule has 5 nitrogen and oxygen atoms in total. The van der Waals surface area contributed by atoms with Gasteiger partial charge in [-0.1, -0.05) is 24.3 Å². The molecular formula is C20H17F2N3O2S. The average molecular weight is 401 g/mol. The summed E-state index contributed by atoms with van der Waals surface area (Å²) in [6.07, 6.45) is -0.0230. The molecule has 1 atom stereocenters. The molecule has 2 aromatic carbocycles. The van der Waals surface area contributed by atoms with Crippen molar-refractivity contribution in [1.82, 2.24) is 10.3 Å². The standard InChI is InChI=1S/C20H17F2N3O2S/c1-12(16-8-7-14(21)9-17(16)22)23-18(26)10-15-11-28-20(24-15)25-19(27)13-5-3-2-4-6-13/h2-9,11-12H,10H2,1H3,(H,23,26)(H,24,25,27). The Morgan fingerprint density at radius 2 is 1.89 bits per heavy atom. The lowest BCUT2D eigenvalue weighted by molar-refractivity contribution is -0.121. The first-order valence-corrected chi connectivity index (χ1v) is 9.35. The SMILES string of the molecule is CC(NC(=O)Cc1csc(NC(=O)c2ccccc2)n1)c1ccc(F)cc1F. The number of aromatic nitrogens is 1. The molecule has 0 fully saturated rings. The topological polar surface area (TPSA) is 71.1 Å². The summed E-state index contributed by atoms with van der Waals surface area (Å²) in [7, 11) is 0. The summed E-state index contributed by atoms with van der Waals surface area (Å²) in [6, 6.07) is 11.3. The maximum atomic E-state index is 13.8. The summed E-state index contributed by atoms with van der Waals surface area (Å²) in [6.45, 7) is 1.61. The van der Waals surface area contributed by atoms with Crippen LogP contribution in [0.5, 0.6) is 0 Å². The molecule has 1 heterocycles. The van der Waals surface area contributed by atoms with Crippen LogP contribution in [0, 0.1) is 11.6 Å². The Morgan fingerprint density at radius 3 is 2.61 bits per heavy atom. The van der Waals surface area contributed by atoms with E-state index in [1.807, 2.05) is 6.07 Å². The van der Waals surface area contributed by atoms with E-state index in [9.17, 15) is 18.4 Å². The van der Waals surface area contributed by atoms with Crippen molar-refractivity contribution in [3.05, 3.63) is 82.4 Å². The lowest BCUT2D eigenvalue weighted by atomic mass is 10.1. The molecule has 3 rings (SSSR count). The van der Waals surface area contributed by atoms with Gasteiger partial charge in [-0.05, 0) is 25.1 Å². The Labute approximate surface area is 164 Å². The first-order valence-electron chi connectivity index (χ1n) is 8.47. The number of hydrogen-bond donors (Lipinski definition) is 2. The molecule has 0 bridgehead atoms. The molecule has 0 radical (unpaired) electrons. The average Bonchev–Trinajstić information content (AvgIpc) is 3.08. The van der Waals surface area contributed by atoms with Gasteiger partial charge in [0.25, 0.3) is 5.91 Å². The molecule has 2 N–H and O–H groups in total. The highest BCUT2D eigenvalue weighted by Crippen LogP contribution is 2.19. The predicted octanol–water partition coefficient (Wildman–Crippen LogP) is 4.09. The van der Waals surface area contributed by atoms with Gasteiger partial charge in [0, 0.05) is 22.6 Å². The fraction of sp³-hybridized carbons (Fsp3) is 0.150. The quantitative estimate of drug-likeness (QED) is 0.654. The Balaban J connectivity index is 1.57. The second-order valence-corrected chi connectivity index (χ2v) is 6.95. The number of carbonyl (C=O) groups excluding carboxylic acids is 2. The normalized spacial score (nSPS) is 11.7. The van der Waals surface area contributed by atoms with Crippen molar-refractivity contribution >= 4 is 28.3 Å². The van der Waals surface area contributed by atoms with Crippen LogP contribution in [0.4, 0.5) is 13.9 Å². The number of carbonyl (C=O) groups is 2. The molecule has 0 saturated carbocycles. The summed E-state index contributed by atoms with van der Waals surface area (Å²) >= 11 is 1.21. The summed E-state index contributed by atoms with van der Waals surface area (Å²) in [4.78, 5) is 28.5. The van der Waals surface area contributed by atoms with Crippen molar-refractivity contribution in [3.8, 4) is 0 Å². The minimum Gasteiger partial charge on any atom is -0.349 e. The van der Waals surface area contributed by atoms with Crippen molar-refractivity contribution in [2.24, 2.45) is 0 Å². The van der Waals surface area contributed by atoms with Crippen LogP contribution in [0.3, 0.4) is 0 Å². The Kier molecular flexibility index (Phi) is 6.10. The van der Waals surface area contributed by atoms with Gasteiger partial charge in [0.15, 0.2) is 5.13 Å². The third-order valence-corrected chi connectivity index (χ3v) is 4.76.